The van der Waals surface area contributed by atoms with Gasteiger partial charge in [0.15, 0.2) is 0 Å². The van der Waals surface area contributed by atoms with Crippen LogP contribution in [0.4, 0.5) is 0 Å². The molecule has 7 rings (SSSR count). The van der Waals surface area contributed by atoms with Crippen molar-refractivity contribution in [1.82, 2.24) is 19.3 Å². The van der Waals surface area contributed by atoms with Gasteiger partial charge < -0.3 is 9.30 Å². The van der Waals surface area contributed by atoms with E-state index in [0.717, 1.165) is 45.3 Å². The van der Waals surface area contributed by atoms with Crippen LogP contribution < -0.4 is 4.74 Å². The molecule has 0 spiro atoms. The van der Waals surface area contributed by atoms with E-state index in [-0.39, 0.29) is 26.5 Å². The average molecular weight is 812 g/mol. The van der Waals surface area contributed by atoms with Crippen molar-refractivity contribution < 1.29 is 25.8 Å². The Morgan fingerprint density at radius 3 is 2.33 bits per heavy atom. The number of para-hydroxylation sites is 1. The first-order chi connectivity index (χ1) is 22.5. The number of nitrogens with zero attached hydrogens (tertiary/aromatic N) is 4. The molecule has 0 radical (unpaired) electrons. The number of benzene rings is 4. The summed E-state index contributed by atoms with van der Waals surface area (Å²) >= 11 is 0. The third kappa shape index (κ3) is 6.49. The van der Waals surface area contributed by atoms with Crippen molar-refractivity contribution in [3.63, 3.8) is 0 Å². The molecule has 0 saturated heterocycles. The SMILES string of the molecule is Cc1cc(C(C)(C)C)cc(C)c1-c1cnn(-c2[c-]c(Oc3[c-]c4c(cc3)c3ccccc3n4-c3cc(CC(C)C)ccn3)ccc2)c1.[Pt+2]. The first-order valence-corrected chi connectivity index (χ1v) is 16.3. The predicted molar refractivity (Wildman–Crippen MR) is 192 cm³/mol. The summed E-state index contributed by atoms with van der Waals surface area (Å²) in [6.45, 7) is 15.6. The number of aryl methyl sites for hydroxylation is 2. The van der Waals surface area contributed by atoms with Crippen LogP contribution in [0.15, 0.2) is 97.5 Å². The number of hydrogen-bond donors (Lipinski definition) is 0. The molecule has 244 valence electrons. The molecular formula is C42H40N4OPt. The summed E-state index contributed by atoms with van der Waals surface area (Å²) in [5.41, 5.74) is 10.3. The molecule has 0 atom stereocenters. The molecule has 0 saturated carbocycles. The second-order valence-corrected chi connectivity index (χ2v) is 14.0. The maximum absolute atomic E-state index is 6.40. The summed E-state index contributed by atoms with van der Waals surface area (Å²) < 4.78 is 10.4. The van der Waals surface area contributed by atoms with Crippen molar-refractivity contribution in [2.75, 3.05) is 0 Å². The quantitative estimate of drug-likeness (QED) is 0.151. The van der Waals surface area contributed by atoms with Crippen molar-refractivity contribution in [3.05, 3.63) is 132 Å². The van der Waals surface area contributed by atoms with Gasteiger partial charge in [0.2, 0.25) is 0 Å². The topological polar surface area (TPSA) is 44.9 Å². The zero-order chi connectivity index (χ0) is 32.9. The summed E-state index contributed by atoms with van der Waals surface area (Å²) in [5, 5.41) is 6.97. The van der Waals surface area contributed by atoms with Gasteiger partial charge >= 0.3 is 21.1 Å². The van der Waals surface area contributed by atoms with E-state index in [1.807, 2.05) is 41.3 Å². The molecule has 0 bridgehead atoms. The number of ether oxygens (including phenoxy) is 1. The van der Waals surface area contributed by atoms with Gasteiger partial charge in [-0.3, -0.25) is 4.68 Å². The zero-order valence-electron chi connectivity index (χ0n) is 28.5. The van der Waals surface area contributed by atoms with Crippen molar-refractivity contribution in [3.8, 4) is 34.1 Å². The second-order valence-electron chi connectivity index (χ2n) is 14.0. The fourth-order valence-corrected chi connectivity index (χ4v) is 6.54. The molecule has 0 aliphatic carbocycles. The number of hydrogen-bond acceptors (Lipinski definition) is 3. The summed E-state index contributed by atoms with van der Waals surface area (Å²) in [4.78, 5) is 4.78. The van der Waals surface area contributed by atoms with Crippen LogP contribution in [0.2, 0.25) is 0 Å². The monoisotopic (exact) mass is 811 g/mol. The van der Waals surface area contributed by atoms with Gasteiger partial charge in [0.05, 0.1) is 6.20 Å². The molecule has 0 N–H and O–H groups in total. The van der Waals surface area contributed by atoms with Gasteiger partial charge in [-0.2, -0.15) is 17.2 Å². The predicted octanol–water partition coefficient (Wildman–Crippen LogP) is 10.5. The Morgan fingerprint density at radius 1 is 0.833 bits per heavy atom. The Balaban J connectivity index is 0.00000401. The van der Waals surface area contributed by atoms with Gasteiger partial charge in [-0.15, -0.1) is 35.7 Å². The number of aromatic nitrogens is 4. The average Bonchev–Trinajstić information content (AvgIpc) is 3.63. The first kappa shape index (κ1) is 33.4. The van der Waals surface area contributed by atoms with Crippen LogP contribution in [-0.4, -0.2) is 19.3 Å². The van der Waals surface area contributed by atoms with Gasteiger partial charge in [-0.1, -0.05) is 70.5 Å². The van der Waals surface area contributed by atoms with E-state index >= 15 is 0 Å². The third-order valence-corrected chi connectivity index (χ3v) is 8.73. The van der Waals surface area contributed by atoms with Crippen LogP contribution in [0, 0.1) is 31.9 Å². The van der Waals surface area contributed by atoms with Gasteiger partial charge in [0.25, 0.3) is 0 Å². The van der Waals surface area contributed by atoms with E-state index in [0.29, 0.717) is 17.4 Å². The Labute approximate surface area is 297 Å². The molecule has 3 aromatic heterocycles. The second kappa shape index (κ2) is 13.2. The summed E-state index contributed by atoms with van der Waals surface area (Å²) in [6.07, 6.45) is 6.90. The molecular weight excluding hydrogens is 772 g/mol. The molecule has 5 nitrogen and oxygen atoms in total. The van der Waals surface area contributed by atoms with Crippen LogP contribution >= 0.6 is 0 Å². The molecule has 0 aliphatic heterocycles. The van der Waals surface area contributed by atoms with Gasteiger partial charge in [0.1, 0.15) is 5.82 Å². The molecule has 4 aromatic carbocycles. The van der Waals surface area contributed by atoms with E-state index in [2.05, 4.69) is 126 Å². The largest absolute Gasteiger partial charge is 2.00 e. The minimum absolute atomic E-state index is 0. The summed E-state index contributed by atoms with van der Waals surface area (Å²) in [5.74, 6) is 2.64. The molecule has 0 amide bonds. The molecule has 0 aliphatic rings. The maximum Gasteiger partial charge on any atom is 2.00 e. The number of fused-ring (bicyclic) bond motifs is 3. The van der Waals surface area contributed by atoms with Crippen molar-refractivity contribution in [2.24, 2.45) is 5.92 Å². The minimum atomic E-state index is 0. The molecule has 7 aromatic rings. The van der Waals surface area contributed by atoms with Gasteiger partial charge in [0, 0.05) is 35.0 Å². The van der Waals surface area contributed by atoms with E-state index < -0.39 is 0 Å². The van der Waals surface area contributed by atoms with E-state index in [9.17, 15) is 0 Å². The standard InChI is InChI=1S/C42H40N4O.Pt/c1-27(2)19-30-17-18-43-40(22-30)46-38-14-9-8-13-36(38)37-16-15-35(24-39(37)46)47-34-12-10-11-33(23-34)45-26-31(25-44-45)41-28(3)20-32(21-29(41)4)42(5,6)7;/h8-18,20-22,25-27H,19H2,1-7H3;/q-2;+2. The smallest absolute Gasteiger partial charge is 0.509 e. The van der Waals surface area contributed by atoms with E-state index in [1.54, 1.807) is 0 Å². The van der Waals surface area contributed by atoms with Crippen LogP contribution in [0.25, 0.3) is 44.4 Å². The van der Waals surface area contributed by atoms with Crippen LogP contribution in [0.3, 0.4) is 0 Å². The van der Waals surface area contributed by atoms with Crippen molar-refractivity contribution in [2.45, 2.75) is 60.3 Å². The normalized spacial score (nSPS) is 11.8. The number of pyridine rings is 1. The number of rotatable bonds is 7. The first-order valence-electron chi connectivity index (χ1n) is 16.3. The van der Waals surface area contributed by atoms with Gasteiger partial charge in [-0.05, 0) is 88.7 Å². The zero-order valence-corrected chi connectivity index (χ0v) is 30.8. The van der Waals surface area contributed by atoms with E-state index in [4.69, 9.17) is 14.8 Å². The molecule has 6 heteroatoms. The Kier molecular flexibility index (Phi) is 9.20. The summed E-state index contributed by atoms with van der Waals surface area (Å²) in [6, 6.07) is 34.2. The maximum atomic E-state index is 6.40. The van der Waals surface area contributed by atoms with Crippen LogP contribution in [-0.2, 0) is 32.9 Å². The summed E-state index contributed by atoms with van der Waals surface area (Å²) in [7, 11) is 0. The van der Waals surface area contributed by atoms with Crippen molar-refractivity contribution in [1.29, 1.82) is 0 Å². The van der Waals surface area contributed by atoms with Crippen LogP contribution in [0.1, 0.15) is 56.9 Å². The third-order valence-electron chi connectivity index (χ3n) is 8.73. The fraction of sp³-hybridized carbons (Fsp3) is 0.238. The Bertz CT molecular complexity index is 2230. The molecule has 0 fully saturated rings. The molecule has 3 heterocycles. The molecule has 0 unspecified atom stereocenters. The molecule has 48 heavy (non-hydrogen) atoms. The van der Waals surface area contributed by atoms with Crippen LogP contribution in [0.5, 0.6) is 11.5 Å². The Morgan fingerprint density at radius 2 is 1.58 bits per heavy atom. The Hall–Kier alpha value is -4.47. The van der Waals surface area contributed by atoms with Gasteiger partial charge in [-0.25, -0.2) is 4.98 Å². The van der Waals surface area contributed by atoms with E-state index in [1.165, 1.54) is 27.8 Å². The van der Waals surface area contributed by atoms with Crippen molar-refractivity contribution >= 4 is 21.8 Å². The minimum Gasteiger partial charge on any atom is -0.509 e. The fourth-order valence-electron chi connectivity index (χ4n) is 6.54.